The first-order valence-electron chi connectivity index (χ1n) is 11.0. The molecule has 0 radical (unpaired) electrons. The summed E-state index contributed by atoms with van der Waals surface area (Å²) in [5.41, 5.74) is 5.28. The zero-order valence-corrected chi connectivity index (χ0v) is 17.9. The maximum atomic E-state index is 12.6. The van der Waals surface area contributed by atoms with Crippen LogP contribution in [0.15, 0.2) is 0 Å². The summed E-state index contributed by atoms with van der Waals surface area (Å²) in [5.74, 6) is -0.435. The Labute approximate surface area is 186 Å². The van der Waals surface area contributed by atoms with Crippen LogP contribution in [0.25, 0.3) is 0 Å². The molecule has 3 aliphatic heterocycles. The van der Waals surface area contributed by atoms with Crippen LogP contribution in [0, 0.1) is 5.41 Å². The van der Waals surface area contributed by atoms with Crippen molar-refractivity contribution in [1.82, 2.24) is 37.2 Å². The number of amidine groups is 1. The maximum Gasteiger partial charge on any atom is 0.237 e. The molecular formula is C19H33N9O4. The second-order valence-corrected chi connectivity index (χ2v) is 8.55. The molecule has 6 atom stereocenters. The minimum absolute atomic E-state index is 0.0204. The molecule has 32 heavy (non-hydrogen) atoms. The van der Waals surface area contributed by atoms with Crippen LogP contribution in [0.4, 0.5) is 0 Å². The Morgan fingerprint density at radius 3 is 1.81 bits per heavy atom. The summed E-state index contributed by atoms with van der Waals surface area (Å²) in [7, 11) is 0. The van der Waals surface area contributed by atoms with E-state index in [1.807, 2.05) is 0 Å². The highest BCUT2D eigenvalue weighted by Gasteiger charge is 2.36. The zero-order chi connectivity index (χ0) is 23.1. The Morgan fingerprint density at radius 1 is 0.844 bits per heavy atom. The van der Waals surface area contributed by atoms with Crippen molar-refractivity contribution in [3.63, 3.8) is 0 Å². The highest BCUT2D eigenvalue weighted by molar-refractivity contribution is 5.85. The largest absolute Gasteiger partial charge is 0.388 e. The van der Waals surface area contributed by atoms with Gasteiger partial charge in [0.25, 0.3) is 0 Å². The Kier molecular flexibility index (Phi) is 8.36. The summed E-state index contributed by atoms with van der Waals surface area (Å²) < 4.78 is 0. The average Bonchev–Trinajstić information content (AvgIpc) is 3.49. The van der Waals surface area contributed by atoms with Gasteiger partial charge in [0.15, 0.2) is 0 Å². The van der Waals surface area contributed by atoms with Gasteiger partial charge in [0.2, 0.25) is 24.1 Å². The van der Waals surface area contributed by atoms with Gasteiger partial charge >= 0.3 is 0 Å². The van der Waals surface area contributed by atoms with Gasteiger partial charge in [0.05, 0.1) is 24.0 Å². The molecule has 13 nitrogen and oxygen atoms in total. The minimum Gasteiger partial charge on any atom is -0.388 e. The molecule has 3 heterocycles. The second kappa shape index (κ2) is 11.2. The van der Waals surface area contributed by atoms with Crippen LogP contribution in [0.3, 0.4) is 0 Å². The van der Waals surface area contributed by atoms with Gasteiger partial charge in [-0.2, -0.15) is 0 Å². The molecule has 0 bridgehead atoms. The number of nitrogens with one attached hydrogen (secondary N) is 8. The molecule has 0 aromatic heterocycles. The third-order valence-electron chi connectivity index (χ3n) is 6.03. The lowest BCUT2D eigenvalue weighted by molar-refractivity contribution is -0.125. The molecule has 0 saturated carbocycles. The molecule has 0 aromatic rings. The van der Waals surface area contributed by atoms with E-state index in [2.05, 4.69) is 37.2 Å². The Bertz CT molecular complexity index is 734. The van der Waals surface area contributed by atoms with Gasteiger partial charge in [-0.1, -0.05) is 0 Å². The van der Waals surface area contributed by atoms with Crippen LogP contribution >= 0.6 is 0 Å². The molecule has 0 aromatic carbocycles. The predicted octanol–water partition coefficient (Wildman–Crippen LogP) is -4.40. The van der Waals surface area contributed by atoms with E-state index in [-0.39, 0.29) is 47.7 Å². The third-order valence-corrected chi connectivity index (χ3v) is 6.03. The fraction of sp³-hybridized carbons (Fsp3) is 0.737. The van der Waals surface area contributed by atoms with E-state index in [1.54, 1.807) is 0 Å². The number of carbonyl (C=O) groups is 4. The summed E-state index contributed by atoms with van der Waals surface area (Å²) in [6, 6.07) is -1.53. The first-order chi connectivity index (χ1) is 15.4. The first-order valence-corrected chi connectivity index (χ1v) is 11.0. The smallest absolute Gasteiger partial charge is 0.237 e. The molecular weight excluding hydrogens is 418 g/mol. The van der Waals surface area contributed by atoms with Crippen LogP contribution in [-0.2, 0) is 19.2 Å². The standard InChI is InChI=1S/C19H33N9O4/c20-16(21)1-2-22-17(30)13-4-11(7-24-13)27-19(32)15-5-12(8-25-15)28-18(31)14-3-10(6-23-14)26-9-29/h9-15,23-25H,1-8H2,(H3,20,21)(H,22,30)(H,26,29)(H,27,32)(H,28,31)/t10-,11-,12-,13+,14+,15+/m1/s1. The highest BCUT2D eigenvalue weighted by Crippen LogP contribution is 2.12. The second-order valence-electron chi connectivity index (χ2n) is 8.55. The van der Waals surface area contributed by atoms with Gasteiger partial charge < -0.3 is 43.0 Å². The summed E-state index contributed by atoms with van der Waals surface area (Å²) in [6.07, 6.45) is 2.44. The van der Waals surface area contributed by atoms with E-state index < -0.39 is 12.1 Å². The van der Waals surface area contributed by atoms with E-state index in [0.29, 0.717) is 58.3 Å². The topological polar surface area (TPSA) is 202 Å². The van der Waals surface area contributed by atoms with Crippen molar-refractivity contribution < 1.29 is 19.2 Å². The molecule has 0 spiro atoms. The Morgan fingerprint density at radius 2 is 1.31 bits per heavy atom. The van der Waals surface area contributed by atoms with E-state index >= 15 is 0 Å². The maximum absolute atomic E-state index is 12.6. The lowest BCUT2D eigenvalue weighted by atomic mass is 10.1. The van der Waals surface area contributed by atoms with Crippen molar-refractivity contribution in [2.24, 2.45) is 5.73 Å². The van der Waals surface area contributed by atoms with Gasteiger partial charge in [-0.05, 0) is 19.3 Å². The number of nitrogens with two attached hydrogens (primary N) is 1. The number of hydrogen-bond donors (Lipinski definition) is 9. The van der Waals surface area contributed by atoms with Gasteiger partial charge in [0, 0.05) is 50.7 Å². The lowest BCUT2D eigenvalue weighted by Crippen LogP contribution is -2.46. The normalized spacial score (nSPS) is 31.6. The van der Waals surface area contributed by atoms with Crippen LogP contribution in [0.1, 0.15) is 25.7 Å². The number of hydrogen-bond acceptors (Lipinski definition) is 8. The van der Waals surface area contributed by atoms with E-state index in [4.69, 9.17) is 11.1 Å². The lowest BCUT2D eigenvalue weighted by Gasteiger charge is -2.17. The van der Waals surface area contributed by atoms with Crippen molar-refractivity contribution in [1.29, 1.82) is 5.41 Å². The van der Waals surface area contributed by atoms with Gasteiger partial charge in [-0.15, -0.1) is 0 Å². The summed E-state index contributed by atoms with van der Waals surface area (Å²) in [4.78, 5) is 47.7. The predicted molar refractivity (Wildman–Crippen MR) is 116 cm³/mol. The van der Waals surface area contributed by atoms with Crippen molar-refractivity contribution in [2.75, 3.05) is 26.2 Å². The van der Waals surface area contributed by atoms with Crippen LogP contribution in [-0.4, -0.2) is 92.4 Å². The fourth-order valence-corrected chi connectivity index (χ4v) is 4.30. The van der Waals surface area contributed by atoms with Crippen molar-refractivity contribution in [3.05, 3.63) is 0 Å². The van der Waals surface area contributed by atoms with Crippen LogP contribution in [0.2, 0.25) is 0 Å². The summed E-state index contributed by atoms with van der Waals surface area (Å²) in [6.45, 7) is 1.85. The SMILES string of the molecule is N=C(N)CCNC(=O)[C@@H]1C[C@@H](NC(=O)[C@@H]2C[C@@H](NC(=O)[C@@H]3C[C@@H](NC=O)CN3)CN2)CN1. The van der Waals surface area contributed by atoms with Crippen molar-refractivity contribution >= 4 is 30.0 Å². The van der Waals surface area contributed by atoms with Crippen LogP contribution < -0.4 is 43.0 Å². The van der Waals surface area contributed by atoms with Gasteiger partial charge in [0.1, 0.15) is 0 Å². The molecule has 3 fully saturated rings. The van der Waals surface area contributed by atoms with E-state index in [0.717, 1.165) is 0 Å². The molecule has 178 valence electrons. The number of carbonyl (C=O) groups excluding carboxylic acids is 4. The number of amides is 4. The highest BCUT2D eigenvalue weighted by atomic mass is 16.2. The van der Waals surface area contributed by atoms with E-state index in [9.17, 15) is 19.2 Å². The summed E-state index contributed by atoms with van der Waals surface area (Å²) in [5, 5.41) is 27.8. The Hall–Kier alpha value is -2.77. The van der Waals surface area contributed by atoms with Crippen molar-refractivity contribution in [2.45, 2.75) is 61.9 Å². The molecule has 0 unspecified atom stereocenters. The zero-order valence-electron chi connectivity index (χ0n) is 17.9. The minimum atomic E-state index is -0.412. The first kappa shape index (κ1) is 23.9. The molecule has 4 amide bonds. The summed E-state index contributed by atoms with van der Waals surface area (Å²) >= 11 is 0. The third kappa shape index (κ3) is 6.61. The molecule has 10 N–H and O–H groups in total. The average molecular weight is 452 g/mol. The van der Waals surface area contributed by atoms with Gasteiger partial charge in [-0.3, -0.25) is 24.6 Å². The van der Waals surface area contributed by atoms with Crippen LogP contribution in [0.5, 0.6) is 0 Å². The molecule has 3 saturated heterocycles. The Balaban J connectivity index is 1.35. The fourth-order valence-electron chi connectivity index (χ4n) is 4.30. The van der Waals surface area contributed by atoms with E-state index in [1.165, 1.54) is 0 Å². The molecule has 0 aliphatic carbocycles. The van der Waals surface area contributed by atoms with Gasteiger partial charge in [-0.25, -0.2) is 0 Å². The monoisotopic (exact) mass is 451 g/mol. The molecule has 3 rings (SSSR count). The number of rotatable bonds is 10. The molecule has 3 aliphatic rings. The molecule has 13 heteroatoms. The van der Waals surface area contributed by atoms with Crippen molar-refractivity contribution in [3.8, 4) is 0 Å². The quantitative estimate of drug-likeness (QED) is 0.0899.